The van der Waals surface area contributed by atoms with Crippen LogP contribution in [0.3, 0.4) is 0 Å². The summed E-state index contributed by atoms with van der Waals surface area (Å²) in [6, 6.07) is 5.75. The molecule has 0 atom stereocenters. The van der Waals surface area contributed by atoms with Crippen molar-refractivity contribution in [1.29, 1.82) is 0 Å². The lowest BCUT2D eigenvalue weighted by molar-refractivity contribution is 0.127. The average molecular weight is 301 g/mol. The van der Waals surface area contributed by atoms with Crippen LogP contribution < -0.4 is 5.63 Å². The maximum Gasteiger partial charge on any atom is 0.336 e. The minimum Gasteiger partial charge on any atom is -0.422 e. The van der Waals surface area contributed by atoms with Crippen LogP contribution in [0.1, 0.15) is 29.5 Å². The molecule has 4 nitrogen and oxygen atoms in total. The summed E-state index contributed by atoms with van der Waals surface area (Å²) in [5.74, 6) is 0.429. The molecule has 4 heteroatoms. The number of fused-ring (bicyclic) bond motifs is 1. The zero-order chi connectivity index (χ0) is 15.7. The largest absolute Gasteiger partial charge is 0.422 e. The van der Waals surface area contributed by atoms with Gasteiger partial charge in [0.1, 0.15) is 5.58 Å². The van der Waals surface area contributed by atoms with Gasteiger partial charge in [0, 0.05) is 24.6 Å². The monoisotopic (exact) mass is 301 g/mol. The number of likely N-dealkylation sites (tertiary alicyclic amines) is 1. The number of aryl methyl sites for hydroxylation is 2. The van der Waals surface area contributed by atoms with Crippen LogP contribution in [0, 0.1) is 19.8 Å². The van der Waals surface area contributed by atoms with Crippen molar-refractivity contribution in [3.8, 4) is 0 Å². The quantitative estimate of drug-likeness (QED) is 0.886. The Balaban J connectivity index is 1.91. The van der Waals surface area contributed by atoms with Gasteiger partial charge in [0.2, 0.25) is 0 Å². The van der Waals surface area contributed by atoms with E-state index < -0.39 is 0 Å². The highest BCUT2D eigenvalue weighted by Crippen LogP contribution is 2.25. The molecule has 1 aromatic heterocycles. The van der Waals surface area contributed by atoms with Crippen molar-refractivity contribution in [3.63, 3.8) is 0 Å². The molecule has 1 saturated heterocycles. The van der Waals surface area contributed by atoms with Crippen molar-refractivity contribution in [2.45, 2.75) is 33.2 Å². The van der Waals surface area contributed by atoms with Gasteiger partial charge in [-0.3, -0.25) is 4.90 Å². The molecular weight excluding hydrogens is 278 g/mol. The molecule has 22 heavy (non-hydrogen) atoms. The van der Waals surface area contributed by atoms with Crippen LogP contribution in [0.25, 0.3) is 11.0 Å². The lowest BCUT2D eigenvalue weighted by Crippen LogP contribution is -2.34. The van der Waals surface area contributed by atoms with E-state index in [4.69, 9.17) is 4.42 Å². The third kappa shape index (κ3) is 2.94. The summed E-state index contributed by atoms with van der Waals surface area (Å²) in [7, 11) is 0. The Morgan fingerprint density at radius 2 is 2.00 bits per heavy atom. The lowest BCUT2D eigenvalue weighted by Gasteiger charge is -2.31. The molecule has 1 aliphatic rings. The highest BCUT2D eigenvalue weighted by molar-refractivity contribution is 5.83. The number of hydrogen-bond acceptors (Lipinski definition) is 4. The molecular formula is C18H23NO3. The summed E-state index contributed by atoms with van der Waals surface area (Å²) in [5, 5.41) is 10.3. The Labute approximate surface area is 130 Å². The summed E-state index contributed by atoms with van der Waals surface area (Å²) >= 11 is 0. The molecule has 0 amide bonds. The molecule has 2 aromatic rings. The van der Waals surface area contributed by atoms with Crippen LogP contribution in [0.4, 0.5) is 0 Å². The summed E-state index contributed by atoms with van der Waals surface area (Å²) in [5.41, 5.74) is 3.65. The van der Waals surface area contributed by atoms with E-state index >= 15 is 0 Å². The molecule has 1 fully saturated rings. The summed E-state index contributed by atoms with van der Waals surface area (Å²) in [6.07, 6.45) is 2.04. The number of aliphatic hydroxyl groups excluding tert-OH is 1. The maximum atomic E-state index is 11.9. The first-order valence-electron chi connectivity index (χ1n) is 7.94. The fourth-order valence-electron chi connectivity index (χ4n) is 3.22. The molecule has 1 aromatic carbocycles. The van der Waals surface area contributed by atoms with Gasteiger partial charge in [0.25, 0.3) is 0 Å². The van der Waals surface area contributed by atoms with Crippen molar-refractivity contribution < 1.29 is 9.52 Å². The SMILES string of the molecule is Cc1ccc2c(CN3CCC(CO)CC3)cc(=O)oc2c1C. The van der Waals surface area contributed by atoms with Crippen molar-refractivity contribution in [3.05, 3.63) is 45.3 Å². The second-order valence-electron chi connectivity index (χ2n) is 6.38. The molecule has 1 N–H and O–H groups in total. The Kier molecular flexibility index (Phi) is 4.32. The number of nitrogens with zero attached hydrogens (tertiary/aromatic N) is 1. The summed E-state index contributed by atoms with van der Waals surface area (Å²) in [6.45, 7) is 7.01. The van der Waals surface area contributed by atoms with E-state index in [1.807, 2.05) is 13.8 Å². The van der Waals surface area contributed by atoms with E-state index in [1.54, 1.807) is 6.07 Å². The molecule has 0 aliphatic carbocycles. The van der Waals surface area contributed by atoms with Gasteiger partial charge in [-0.2, -0.15) is 0 Å². The molecule has 0 spiro atoms. The molecule has 118 valence electrons. The smallest absolute Gasteiger partial charge is 0.336 e. The van der Waals surface area contributed by atoms with Gasteiger partial charge >= 0.3 is 5.63 Å². The molecule has 1 aliphatic heterocycles. The van der Waals surface area contributed by atoms with Gasteiger partial charge in [-0.15, -0.1) is 0 Å². The van der Waals surface area contributed by atoms with Gasteiger partial charge < -0.3 is 9.52 Å². The number of hydrogen-bond donors (Lipinski definition) is 1. The fraction of sp³-hybridized carbons (Fsp3) is 0.500. The Morgan fingerprint density at radius 3 is 2.68 bits per heavy atom. The zero-order valence-corrected chi connectivity index (χ0v) is 13.3. The maximum absolute atomic E-state index is 11.9. The first-order chi connectivity index (χ1) is 10.6. The van der Waals surface area contributed by atoms with Crippen LogP contribution in [0.15, 0.2) is 27.4 Å². The van der Waals surface area contributed by atoms with Gasteiger partial charge in [0.05, 0.1) is 0 Å². The van der Waals surface area contributed by atoms with Gasteiger partial charge in [-0.05, 0) is 62.4 Å². The van der Waals surface area contributed by atoms with Gasteiger partial charge in [-0.1, -0.05) is 12.1 Å². The van der Waals surface area contributed by atoms with E-state index in [9.17, 15) is 9.90 Å². The summed E-state index contributed by atoms with van der Waals surface area (Å²) in [4.78, 5) is 14.2. The molecule has 0 saturated carbocycles. The van der Waals surface area contributed by atoms with Crippen molar-refractivity contribution in [1.82, 2.24) is 4.90 Å². The molecule has 3 rings (SSSR count). The predicted octanol–water partition coefficient (Wildman–Crippen LogP) is 2.61. The predicted molar refractivity (Wildman–Crippen MR) is 87.0 cm³/mol. The topological polar surface area (TPSA) is 53.7 Å². The minimum atomic E-state index is -0.276. The molecule has 0 radical (unpaired) electrons. The Morgan fingerprint density at radius 1 is 1.27 bits per heavy atom. The number of benzene rings is 1. The molecule has 0 unspecified atom stereocenters. The second kappa shape index (κ2) is 6.23. The Bertz CT molecular complexity index is 727. The number of rotatable bonds is 3. The first-order valence-corrected chi connectivity index (χ1v) is 7.94. The third-order valence-corrected chi connectivity index (χ3v) is 4.88. The van der Waals surface area contributed by atoms with E-state index in [1.165, 1.54) is 0 Å². The van der Waals surface area contributed by atoms with Gasteiger partial charge in [0.15, 0.2) is 0 Å². The normalized spacial score (nSPS) is 17.2. The van der Waals surface area contributed by atoms with Gasteiger partial charge in [-0.25, -0.2) is 4.79 Å². The van der Waals surface area contributed by atoms with Crippen molar-refractivity contribution >= 4 is 11.0 Å². The van der Waals surface area contributed by atoms with E-state index in [-0.39, 0.29) is 12.2 Å². The second-order valence-corrected chi connectivity index (χ2v) is 6.38. The highest BCUT2D eigenvalue weighted by Gasteiger charge is 2.19. The first kappa shape index (κ1) is 15.3. The zero-order valence-electron chi connectivity index (χ0n) is 13.3. The van der Waals surface area contributed by atoms with Crippen molar-refractivity contribution in [2.24, 2.45) is 5.92 Å². The fourth-order valence-corrected chi connectivity index (χ4v) is 3.22. The van der Waals surface area contributed by atoms with Crippen LogP contribution in [0.2, 0.25) is 0 Å². The van der Waals surface area contributed by atoms with E-state index in [0.717, 1.165) is 54.6 Å². The van der Waals surface area contributed by atoms with Crippen LogP contribution >= 0.6 is 0 Å². The van der Waals surface area contributed by atoms with Crippen LogP contribution in [0.5, 0.6) is 0 Å². The molecule has 2 heterocycles. The number of aliphatic hydroxyl groups is 1. The number of piperidine rings is 1. The van der Waals surface area contributed by atoms with Crippen LogP contribution in [-0.4, -0.2) is 29.7 Å². The minimum absolute atomic E-state index is 0.276. The van der Waals surface area contributed by atoms with E-state index in [2.05, 4.69) is 17.0 Å². The Hall–Kier alpha value is -1.65. The standard InChI is InChI=1S/C18H23NO3/c1-12-3-4-16-15(9-17(21)22-18(16)13(12)2)10-19-7-5-14(11-20)6-8-19/h3-4,9,14,20H,5-8,10-11H2,1-2H3. The lowest BCUT2D eigenvalue weighted by atomic mass is 9.97. The highest BCUT2D eigenvalue weighted by atomic mass is 16.4. The average Bonchev–Trinajstić information content (AvgIpc) is 2.52. The summed E-state index contributed by atoms with van der Waals surface area (Å²) < 4.78 is 5.43. The third-order valence-electron chi connectivity index (χ3n) is 4.88. The van der Waals surface area contributed by atoms with Crippen LogP contribution in [-0.2, 0) is 6.54 Å². The molecule has 0 bridgehead atoms. The van der Waals surface area contributed by atoms with E-state index in [0.29, 0.717) is 11.5 Å². The van der Waals surface area contributed by atoms with Crippen molar-refractivity contribution in [2.75, 3.05) is 19.7 Å².